The van der Waals surface area contributed by atoms with Crippen molar-refractivity contribution < 1.29 is 13.2 Å². The van der Waals surface area contributed by atoms with Crippen LogP contribution in [0.4, 0.5) is 0 Å². The first kappa shape index (κ1) is 20.0. The highest BCUT2D eigenvalue weighted by Crippen LogP contribution is 2.26. The van der Waals surface area contributed by atoms with Gasteiger partial charge in [0.05, 0.1) is 10.9 Å². The lowest BCUT2D eigenvalue weighted by atomic mass is 9.97. The quantitative estimate of drug-likeness (QED) is 0.824. The van der Waals surface area contributed by atoms with Crippen LogP contribution in [0, 0.1) is 19.8 Å². The molecule has 1 saturated heterocycles. The Kier molecular flexibility index (Phi) is 6.03. The Labute approximate surface area is 165 Å². The third-order valence-corrected chi connectivity index (χ3v) is 8.22. The van der Waals surface area contributed by atoms with E-state index in [0.29, 0.717) is 30.8 Å². The van der Waals surface area contributed by atoms with Gasteiger partial charge < -0.3 is 5.32 Å². The molecule has 1 aromatic carbocycles. The highest BCUT2D eigenvalue weighted by Gasteiger charge is 2.32. The Morgan fingerprint density at radius 2 is 1.89 bits per heavy atom. The summed E-state index contributed by atoms with van der Waals surface area (Å²) < 4.78 is 27.3. The number of rotatable bonds is 5. The zero-order valence-electron chi connectivity index (χ0n) is 15.9. The Morgan fingerprint density at radius 1 is 1.19 bits per heavy atom. The molecular formula is C20H26N2O3S2. The summed E-state index contributed by atoms with van der Waals surface area (Å²) >= 11 is 1.62. The number of hydrogen-bond donors (Lipinski definition) is 1. The van der Waals surface area contributed by atoms with Crippen molar-refractivity contribution in [2.75, 3.05) is 13.1 Å². The van der Waals surface area contributed by atoms with Gasteiger partial charge in [-0.15, -0.1) is 11.3 Å². The van der Waals surface area contributed by atoms with Crippen molar-refractivity contribution in [1.29, 1.82) is 0 Å². The van der Waals surface area contributed by atoms with Crippen LogP contribution < -0.4 is 5.32 Å². The van der Waals surface area contributed by atoms with Gasteiger partial charge in [0, 0.05) is 23.9 Å². The fraction of sp³-hybridized carbons (Fsp3) is 0.450. The molecule has 146 valence electrons. The van der Waals surface area contributed by atoms with Gasteiger partial charge in [-0.3, -0.25) is 4.79 Å². The Morgan fingerprint density at radius 3 is 2.48 bits per heavy atom. The number of carbonyl (C=O) groups is 1. The normalized spacial score (nSPS) is 17.6. The molecule has 2 aromatic rings. The van der Waals surface area contributed by atoms with E-state index in [9.17, 15) is 13.2 Å². The molecule has 1 aliphatic heterocycles. The third kappa shape index (κ3) is 4.42. The summed E-state index contributed by atoms with van der Waals surface area (Å²) in [6.07, 6.45) is 1.10. The van der Waals surface area contributed by atoms with E-state index in [1.807, 2.05) is 44.4 Å². The monoisotopic (exact) mass is 406 g/mol. The number of nitrogens with zero attached hydrogens (tertiary/aromatic N) is 1. The minimum absolute atomic E-state index is 0.0131. The fourth-order valence-electron chi connectivity index (χ4n) is 3.32. The summed E-state index contributed by atoms with van der Waals surface area (Å²) in [6, 6.07) is 9.20. The van der Waals surface area contributed by atoms with Crippen LogP contribution in [0.5, 0.6) is 0 Å². The van der Waals surface area contributed by atoms with Crippen molar-refractivity contribution in [3.8, 4) is 0 Å². The average Bonchev–Trinajstić information content (AvgIpc) is 3.19. The van der Waals surface area contributed by atoms with Crippen molar-refractivity contribution >= 4 is 27.3 Å². The number of carbonyl (C=O) groups excluding carboxylic acids is 1. The summed E-state index contributed by atoms with van der Waals surface area (Å²) in [7, 11) is -3.51. The summed E-state index contributed by atoms with van der Waals surface area (Å²) in [4.78, 5) is 14.0. The lowest BCUT2D eigenvalue weighted by Gasteiger charge is -2.31. The van der Waals surface area contributed by atoms with Gasteiger partial charge in [-0.05, 0) is 68.3 Å². The van der Waals surface area contributed by atoms with Crippen molar-refractivity contribution in [3.05, 3.63) is 51.7 Å². The fourth-order valence-corrected chi connectivity index (χ4v) is 5.61. The molecule has 0 saturated carbocycles. The minimum atomic E-state index is -3.51. The first-order chi connectivity index (χ1) is 12.8. The van der Waals surface area contributed by atoms with E-state index in [1.165, 1.54) is 4.31 Å². The van der Waals surface area contributed by atoms with Crippen LogP contribution in [0.25, 0.3) is 0 Å². The van der Waals surface area contributed by atoms with Crippen LogP contribution in [0.3, 0.4) is 0 Å². The largest absolute Gasteiger partial charge is 0.349 e. The van der Waals surface area contributed by atoms with Gasteiger partial charge in [0.2, 0.25) is 15.9 Å². The zero-order valence-corrected chi connectivity index (χ0v) is 17.6. The van der Waals surface area contributed by atoms with E-state index < -0.39 is 10.0 Å². The first-order valence-electron chi connectivity index (χ1n) is 9.20. The van der Waals surface area contributed by atoms with Crippen LogP contribution in [0.15, 0.2) is 40.6 Å². The van der Waals surface area contributed by atoms with Crippen LogP contribution in [0.2, 0.25) is 0 Å². The predicted molar refractivity (Wildman–Crippen MR) is 108 cm³/mol. The number of thiophene rings is 1. The van der Waals surface area contributed by atoms with Crippen LogP contribution >= 0.6 is 11.3 Å². The summed E-state index contributed by atoms with van der Waals surface area (Å²) in [5, 5.41) is 5.05. The molecule has 1 fully saturated rings. The number of aryl methyl sites for hydroxylation is 2. The highest BCUT2D eigenvalue weighted by molar-refractivity contribution is 7.89. The van der Waals surface area contributed by atoms with E-state index in [4.69, 9.17) is 0 Å². The van der Waals surface area contributed by atoms with E-state index in [0.717, 1.165) is 16.0 Å². The summed E-state index contributed by atoms with van der Waals surface area (Å²) in [5.74, 6) is -0.127. The van der Waals surface area contributed by atoms with Gasteiger partial charge in [0.1, 0.15) is 0 Å². The average molecular weight is 407 g/mol. The Bertz CT molecular complexity index is 899. The molecule has 7 heteroatoms. The SMILES string of the molecule is Cc1ccc(S(=O)(=O)N2CCC(C(=O)NC(C)c3cccs3)CC2)cc1C. The second-order valence-electron chi connectivity index (χ2n) is 7.17. The molecule has 2 heterocycles. The molecular weight excluding hydrogens is 380 g/mol. The minimum Gasteiger partial charge on any atom is -0.349 e. The maximum absolute atomic E-state index is 12.9. The molecule has 0 aliphatic carbocycles. The molecule has 1 N–H and O–H groups in total. The van der Waals surface area contributed by atoms with E-state index in [2.05, 4.69) is 5.32 Å². The topological polar surface area (TPSA) is 66.5 Å². The molecule has 0 spiro atoms. The second-order valence-corrected chi connectivity index (χ2v) is 10.1. The Hall–Kier alpha value is -1.70. The second kappa shape index (κ2) is 8.12. The van der Waals surface area contributed by atoms with Crippen molar-refractivity contribution in [3.63, 3.8) is 0 Å². The smallest absolute Gasteiger partial charge is 0.243 e. The van der Waals surface area contributed by atoms with E-state index in [-0.39, 0.29) is 17.9 Å². The predicted octanol–water partition coefficient (Wildman–Crippen LogP) is 3.64. The van der Waals surface area contributed by atoms with Gasteiger partial charge >= 0.3 is 0 Å². The zero-order chi connectivity index (χ0) is 19.6. The standard InChI is InChI=1S/C20H26N2O3S2/c1-14-6-7-18(13-15(14)2)27(24,25)22-10-8-17(9-11-22)20(23)21-16(3)19-5-4-12-26-19/h4-7,12-13,16-17H,8-11H2,1-3H3,(H,21,23). The number of sulfonamides is 1. The maximum atomic E-state index is 12.9. The van der Waals surface area contributed by atoms with Gasteiger partial charge in [0.25, 0.3) is 0 Å². The van der Waals surface area contributed by atoms with Gasteiger partial charge in [-0.2, -0.15) is 4.31 Å². The third-order valence-electron chi connectivity index (χ3n) is 5.27. The number of benzene rings is 1. The van der Waals surface area contributed by atoms with Crippen molar-refractivity contribution in [1.82, 2.24) is 9.62 Å². The maximum Gasteiger partial charge on any atom is 0.243 e. The number of nitrogens with one attached hydrogen (secondary N) is 1. The van der Waals surface area contributed by atoms with Gasteiger partial charge in [0.15, 0.2) is 0 Å². The van der Waals surface area contributed by atoms with Crippen LogP contribution in [0.1, 0.15) is 41.8 Å². The van der Waals surface area contributed by atoms with Gasteiger partial charge in [-0.1, -0.05) is 12.1 Å². The molecule has 0 radical (unpaired) electrons. The number of amides is 1. The van der Waals surface area contributed by atoms with Crippen molar-refractivity contribution in [2.45, 2.75) is 44.6 Å². The van der Waals surface area contributed by atoms with Crippen LogP contribution in [-0.2, 0) is 14.8 Å². The molecule has 1 unspecified atom stereocenters. The number of piperidine rings is 1. The Balaban J connectivity index is 1.60. The molecule has 3 rings (SSSR count). The molecule has 5 nitrogen and oxygen atoms in total. The molecule has 1 aliphatic rings. The lowest BCUT2D eigenvalue weighted by Crippen LogP contribution is -2.43. The van der Waals surface area contributed by atoms with Crippen molar-refractivity contribution in [2.24, 2.45) is 5.92 Å². The molecule has 27 heavy (non-hydrogen) atoms. The van der Waals surface area contributed by atoms with E-state index >= 15 is 0 Å². The van der Waals surface area contributed by atoms with E-state index in [1.54, 1.807) is 23.5 Å². The molecule has 0 bridgehead atoms. The molecule has 1 amide bonds. The summed E-state index contributed by atoms with van der Waals surface area (Å²) in [6.45, 7) is 6.61. The number of hydrogen-bond acceptors (Lipinski definition) is 4. The highest BCUT2D eigenvalue weighted by atomic mass is 32.2. The van der Waals surface area contributed by atoms with Crippen LogP contribution in [-0.4, -0.2) is 31.7 Å². The van der Waals surface area contributed by atoms with Gasteiger partial charge in [-0.25, -0.2) is 8.42 Å². The first-order valence-corrected chi connectivity index (χ1v) is 11.5. The summed E-state index contributed by atoms with van der Waals surface area (Å²) in [5.41, 5.74) is 2.04. The molecule has 1 aromatic heterocycles. The molecule has 1 atom stereocenters. The lowest BCUT2D eigenvalue weighted by molar-refractivity contribution is -0.126.